The second kappa shape index (κ2) is 11.5. The Hall–Kier alpha value is -3.79. The molecule has 190 valence electrons. The fraction of sp³-hybridized carbons (Fsp3) is 0.323. The van der Waals surface area contributed by atoms with Crippen LogP contribution in [0, 0.1) is 11.8 Å². The third-order valence-electron chi connectivity index (χ3n) is 7.43. The van der Waals surface area contributed by atoms with Crippen molar-refractivity contribution in [1.29, 1.82) is 0 Å². The molecule has 2 heterocycles. The number of rotatable bonds is 4. The van der Waals surface area contributed by atoms with Gasteiger partial charge in [-0.25, -0.2) is 4.79 Å². The number of methoxy groups -OCH3 is 1. The fourth-order valence-electron chi connectivity index (χ4n) is 5.52. The number of nitrogens with one attached hydrogen (secondary N) is 1. The minimum Gasteiger partial charge on any atom is -0.495 e. The van der Waals surface area contributed by atoms with E-state index in [0.717, 1.165) is 30.5 Å². The van der Waals surface area contributed by atoms with Gasteiger partial charge in [0.25, 0.3) is 0 Å². The van der Waals surface area contributed by atoms with Gasteiger partial charge in [-0.2, -0.15) is 0 Å². The van der Waals surface area contributed by atoms with Crippen molar-refractivity contribution in [2.75, 3.05) is 38.7 Å². The summed E-state index contributed by atoms with van der Waals surface area (Å²) in [6.07, 6.45) is 1.92. The Bertz CT molecular complexity index is 1270. The molecule has 2 amide bonds. The van der Waals surface area contributed by atoms with Crippen molar-refractivity contribution in [3.8, 4) is 17.6 Å². The topological polar surface area (TPSA) is 65.0 Å². The van der Waals surface area contributed by atoms with Gasteiger partial charge in [0, 0.05) is 42.2 Å². The summed E-state index contributed by atoms with van der Waals surface area (Å²) in [7, 11) is 1.60. The SMILES string of the molecule is COc1ccccc1NC(=O)N1CCCCN2[C@H](CO)[C@@H](c3ccc(C#Cc4ccccc4)cc3)[C@H]2C1. The molecule has 0 radical (unpaired) electrons. The van der Waals surface area contributed by atoms with Gasteiger partial charge >= 0.3 is 6.03 Å². The van der Waals surface area contributed by atoms with E-state index >= 15 is 0 Å². The molecular weight excluding hydrogens is 462 g/mol. The quantitative estimate of drug-likeness (QED) is 0.521. The second-order valence-corrected chi connectivity index (χ2v) is 9.60. The number of carbonyl (C=O) groups is 1. The van der Waals surface area contributed by atoms with Crippen molar-refractivity contribution in [3.05, 3.63) is 95.6 Å². The van der Waals surface area contributed by atoms with E-state index in [2.05, 4.69) is 46.3 Å². The summed E-state index contributed by atoms with van der Waals surface area (Å²) >= 11 is 0. The number of aliphatic hydroxyl groups is 1. The summed E-state index contributed by atoms with van der Waals surface area (Å²) in [5, 5.41) is 13.3. The average Bonchev–Trinajstić information content (AvgIpc) is 2.92. The summed E-state index contributed by atoms with van der Waals surface area (Å²) in [5.74, 6) is 7.24. The Morgan fingerprint density at radius 3 is 2.35 bits per heavy atom. The number of carbonyl (C=O) groups excluding carboxylic acids is 1. The summed E-state index contributed by atoms with van der Waals surface area (Å²) < 4.78 is 5.40. The number of fused-ring (bicyclic) bond motifs is 1. The first-order valence-corrected chi connectivity index (χ1v) is 12.9. The third-order valence-corrected chi connectivity index (χ3v) is 7.43. The monoisotopic (exact) mass is 495 g/mol. The molecule has 37 heavy (non-hydrogen) atoms. The van der Waals surface area contributed by atoms with Gasteiger partial charge in [0.15, 0.2) is 0 Å². The first kappa shape index (κ1) is 24.9. The number of urea groups is 1. The third kappa shape index (κ3) is 5.48. The van der Waals surface area contributed by atoms with Crippen LogP contribution in [0.25, 0.3) is 0 Å². The van der Waals surface area contributed by atoms with Crippen LogP contribution in [0.15, 0.2) is 78.9 Å². The van der Waals surface area contributed by atoms with Crippen LogP contribution in [0.1, 0.15) is 35.4 Å². The van der Waals surface area contributed by atoms with Crippen LogP contribution in [0.2, 0.25) is 0 Å². The minimum atomic E-state index is -0.121. The summed E-state index contributed by atoms with van der Waals surface area (Å²) in [5.41, 5.74) is 3.79. The number of hydrogen-bond acceptors (Lipinski definition) is 4. The highest BCUT2D eigenvalue weighted by atomic mass is 16.5. The molecular formula is C31H33N3O3. The van der Waals surface area contributed by atoms with E-state index in [1.165, 1.54) is 5.56 Å². The molecule has 2 aliphatic rings. The van der Waals surface area contributed by atoms with Gasteiger partial charge in [-0.05, 0) is 61.3 Å². The van der Waals surface area contributed by atoms with Crippen LogP contribution in [0.5, 0.6) is 5.75 Å². The number of anilines is 1. The number of hydrogen-bond donors (Lipinski definition) is 2. The lowest BCUT2D eigenvalue weighted by atomic mass is 9.74. The van der Waals surface area contributed by atoms with Crippen LogP contribution < -0.4 is 10.1 Å². The highest BCUT2D eigenvalue weighted by Gasteiger charge is 2.49. The maximum absolute atomic E-state index is 13.3. The van der Waals surface area contributed by atoms with Crippen molar-refractivity contribution in [2.45, 2.75) is 30.8 Å². The Morgan fingerprint density at radius 1 is 0.946 bits per heavy atom. The lowest BCUT2D eigenvalue weighted by molar-refractivity contribution is -0.0585. The van der Waals surface area contributed by atoms with E-state index in [4.69, 9.17) is 4.74 Å². The van der Waals surface area contributed by atoms with Crippen molar-refractivity contribution >= 4 is 11.7 Å². The normalized spacial score (nSPS) is 21.4. The maximum atomic E-state index is 13.3. The molecule has 2 fully saturated rings. The lowest BCUT2D eigenvalue weighted by Crippen LogP contribution is -2.68. The largest absolute Gasteiger partial charge is 0.495 e. The van der Waals surface area contributed by atoms with Crippen LogP contribution in [0.3, 0.4) is 0 Å². The molecule has 2 saturated heterocycles. The number of aliphatic hydroxyl groups excluding tert-OH is 1. The van der Waals surface area contributed by atoms with Crippen LogP contribution in [-0.4, -0.2) is 66.4 Å². The highest BCUT2D eigenvalue weighted by Crippen LogP contribution is 2.42. The number of ether oxygens (including phenoxy) is 1. The summed E-state index contributed by atoms with van der Waals surface area (Å²) in [6.45, 7) is 2.35. The zero-order chi connectivity index (χ0) is 25.6. The van der Waals surface area contributed by atoms with Gasteiger partial charge < -0.3 is 20.1 Å². The van der Waals surface area contributed by atoms with Gasteiger partial charge in [0.2, 0.25) is 0 Å². The molecule has 3 aromatic carbocycles. The Labute approximate surface area is 218 Å². The number of nitrogens with zero attached hydrogens (tertiary/aromatic N) is 2. The molecule has 3 aromatic rings. The molecule has 2 N–H and O–H groups in total. The van der Waals surface area contributed by atoms with Gasteiger partial charge in [0.05, 0.1) is 19.4 Å². The van der Waals surface area contributed by atoms with E-state index < -0.39 is 0 Å². The van der Waals surface area contributed by atoms with Crippen molar-refractivity contribution < 1.29 is 14.6 Å². The minimum absolute atomic E-state index is 0.0588. The fourth-order valence-corrected chi connectivity index (χ4v) is 5.52. The van der Waals surface area contributed by atoms with Gasteiger partial charge in [-0.1, -0.05) is 54.3 Å². The molecule has 5 rings (SSSR count). The maximum Gasteiger partial charge on any atom is 0.322 e. The van der Waals surface area contributed by atoms with Gasteiger partial charge in [-0.3, -0.25) is 4.90 Å². The van der Waals surface area contributed by atoms with E-state index in [1.807, 2.05) is 59.5 Å². The number of amides is 2. The number of para-hydroxylation sites is 2. The van der Waals surface area contributed by atoms with E-state index in [-0.39, 0.29) is 30.6 Å². The second-order valence-electron chi connectivity index (χ2n) is 9.60. The average molecular weight is 496 g/mol. The Morgan fingerprint density at radius 2 is 1.62 bits per heavy atom. The molecule has 0 unspecified atom stereocenters. The summed E-state index contributed by atoms with van der Waals surface area (Å²) in [6, 6.07) is 25.9. The van der Waals surface area contributed by atoms with Crippen molar-refractivity contribution in [2.24, 2.45) is 0 Å². The molecule has 3 atom stereocenters. The summed E-state index contributed by atoms with van der Waals surface area (Å²) in [4.78, 5) is 17.6. The molecule has 6 nitrogen and oxygen atoms in total. The highest BCUT2D eigenvalue weighted by molar-refractivity contribution is 5.91. The molecule has 0 aromatic heterocycles. The van der Waals surface area contributed by atoms with Crippen molar-refractivity contribution in [3.63, 3.8) is 0 Å². The van der Waals surface area contributed by atoms with Crippen LogP contribution in [-0.2, 0) is 0 Å². The number of benzene rings is 3. The first-order chi connectivity index (χ1) is 18.2. The van der Waals surface area contributed by atoms with Gasteiger partial charge in [-0.15, -0.1) is 0 Å². The van der Waals surface area contributed by atoms with E-state index in [0.29, 0.717) is 24.5 Å². The van der Waals surface area contributed by atoms with Crippen LogP contribution >= 0.6 is 0 Å². The zero-order valence-corrected chi connectivity index (χ0v) is 21.1. The first-order valence-electron chi connectivity index (χ1n) is 12.9. The smallest absolute Gasteiger partial charge is 0.322 e. The zero-order valence-electron chi connectivity index (χ0n) is 21.1. The standard InChI is InChI=1S/C31H33N3O3/c1-37-29-12-6-5-11-26(29)32-31(36)33-19-7-8-20-34-27(21-33)30(28(34)22-35)25-17-15-24(16-18-25)14-13-23-9-3-2-4-10-23/h2-6,9-12,15-18,27-28,30,35H,7-8,19-22H2,1H3,(H,32,36)/t27-,28-,30+/m1/s1. The molecule has 0 bridgehead atoms. The molecule has 0 spiro atoms. The van der Waals surface area contributed by atoms with Crippen LogP contribution in [0.4, 0.5) is 10.5 Å². The van der Waals surface area contributed by atoms with Gasteiger partial charge in [0.1, 0.15) is 5.75 Å². The molecule has 2 aliphatic heterocycles. The molecule has 0 saturated carbocycles. The Kier molecular flexibility index (Phi) is 7.74. The molecule has 6 heteroatoms. The lowest BCUT2D eigenvalue weighted by Gasteiger charge is -2.57. The predicted molar refractivity (Wildman–Crippen MR) is 146 cm³/mol. The molecule has 0 aliphatic carbocycles. The predicted octanol–water partition coefficient (Wildman–Crippen LogP) is 4.55. The van der Waals surface area contributed by atoms with E-state index in [9.17, 15) is 9.90 Å². The van der Waals surface area contributed by atoms with Crippen molar-refractivity contribution in [1.82, 2.24) is 9.80 Å². The Balaban J connectivity index is 1.32. The van der Waals surface area contributed by atoms with E-state index in [1.54, 1.807) is 7.11 Å².